The number of hydrogen-bond acceptors (Lipinski definition) is 3. The fourth-order valence-corrected chi connectivity index (χ4v) is 3.24. The number of guanidine groups is 1. The Kier molecular flexibility index (Phi) is 5.26. The van der Waals surface area contributed by atoms with Gasteiger partial charge >= 0.3 is 0 Å². The summed E-state index contributed by atoms with van der Waals surface area (Å²) < 4.78 is 5.03. The van der Waals surface area contributed by atoms with Crippen LogP contribution in [0.15, 0.2) is 4.99 Å². The number of nitrogens with two attached hydrogens (primary N) is 1. The number of rotatable bonds is 4. The van der Waals surface area contributed by atoms with Crippen LogP contribution in [0.4, 0.5) is 0 Å². The lowest BCUT2D eigenvalue weighted by atomic mass is 9.78. The molecule has 2 rings (SSSR count). The van der Waals surface area contributed by atoms with E-state index in [9.17, 15) is 0 Å². The van der Waals surface area contributed by atoms with Gasteiger partial charge < -0.3 is 9.64 Å². The van der Waals surface area contributed by atoms with Crippen LogP contribution in [-0.2, 0) is 4.74 Å². The van der Waals surface area contributed by atoms with Crippen molar-refractivity contribution in [1.82, 2.24) is 10.3 Å². The third-order valence-corrected chi connectivity index (χ3v) is 4.05. The van der Waals surface area contributed by atoms with E-state index in [4.69, 9.17) is 10.6 Å². The Labute approximate surface area is 110 Å². The maximum absolute atomic E-state index is 5.61. The molecule has 2 aliphatic rings. The Morgan fingerprint density at radius 1 is 1.39 bits per heavy atom. The van der Waals surface area contributed by atoms with Crippen LogP contribution in [-0.4, -0.2) is 44.2 Å². The Hall–Kier alpha value is -0.810. The van der Waals surface area contributed by atoms with Crippen LogP contribution in [0.25, 0.3) is 0 Å². The summed E-state index contributed by atoms with van der Waals surface area (Å²) in [6, 6.07) is 0. The zero-order valence-electron chi connectivity index (χ0n) is 11.4. The van der Waals surface area contributed by atoms with Gasteiger partial charge in [0.1, 0.15) is 0 Å². The van der Waals surface area contributed by atoms with E-state index in [1.54, 1.807) is 7.11 Å². The van der Waals surface area contributed by atoms with Crippen LogP contribution in [0.1, 0.15) is 32.1 Å². The number of aliphatic imine (C=N–C) groups is 1. The largest absolute Gasteiger partial charge is 0.385 e. The van der Waals surface area contributed by atoms with Crippen LogP contribution in [0, 0.1) is 11.8 Å². The highest BCUT2D eigenvalue weighted by molar-refractivity contribution is 5.79. The van der Waals surface area contributed by atoms with E-state index in [1.807, 2.05) is 0 Å². The van der Waals surface area contributed by atoms with Gasteiger partial charge in [0.2, 0.25) is 5.96 Å². The van der Waals surface area contributed by atoms with E-state index in [0.29, 0.717) is 0 Å². The van der Waals surface area contributed by atoms with E-state index in [0.717, 1.165) is 50.5 Å². The minimum atomic E-state index is 0.757. The first-order valence-corrected chi connectivity index (χ1v) is 7.08. The number of likely N-dealkylation sites (tertiary alicyclic amines) is 1. The Bertz CT molecular complexity index is 270. The van der Waals surface area contributed by atoms with Crippen molar-refractivity contribution in [2.45, 2.75) is 32.1 Å². The van der Waals surface area contributed by atoms with Crippen molar-refractivity contribution >= 4 is 5.96 Å². The molecule has 18 heavy (non-hydrogen) atoms. The van der Waals surface area contributed by atoms with Crippen molar-refractivity contribution in [3.05, 3.63) is 0 Å². The van der Waals surface area contributed by atoms with Gasteiger partial charge in [0.25, 0.3) is 0 Å². The molecule has 0 spiro atoms. The predicted octanol–water partition coefficient (Wildman–Crippen LogP) is 0.964. The molecule has 2 bridgehead atoms. The molecule has 0 aromatic heterocycles. The zero-order valence-corrected chi connectivity index (χ0v) is 11.4. The normalized spacial score (nSPS) is 28.3. The Morgan fingerprint density at radius 3 is 2.72 bits per heavy atom. The first-order chi connectivity index (χ1) is 8.83. The monoisotopic (exact) mass is 254 g/mol. The average Bonchev–Trinajstić information content (AvgIpc) is 2.38. The summed E-state index contributed by atoms with van der Waals surface area (Å²) in [7, 11) is 1.72. The van der Waals surface area contributed by atoms with E-state index >= 15 is 0 Å². The highest BCUT2D eigenvalue weighted by Gasteiger charge is 2.31. The van der Waals surface area contributed by atoms with E-state index in [2.05, 4.69) is 15.3 Å². The Balaban J connectivity index is 1.87. The summed E-state index contributed by atoms with van der Waals surface area (Å²) in [4.78, 5) is 6.90. The fraction of sp³-hybridized carbons (Fsp3) is 0.923. The summed E-state index contributed by atoms with van der Waals surface area (Å²) in [5.41, 5.74) is 2.77. The molecule has 0 aromatic carbocycles. The molecule has 0 radical (unpaired) electrons. The van der Waals surface area contributed by atoms with Crippen molar-refractivity contribution < 1.29 is 4.74 Å². The van der Waals surface area contributed by atoms with Crippen LogP contribution in [0.3, 0.4) is 0 Å². The maximum Gasteiger partial charge on any atom is 0.208 e. The van der Waals surface area contributed by atoms with Crippen molar-refractivity contribution in [2.24, 2.45) is 22.7 Å². The summed E-state index contributed by atoms with van der Waals surface area (Å²) in [5, 5.41) is 0. The minimum absolute atomic E-state index is 0.757. The topological polar surface area (TPSA) is 62.9 Å². The molecule has 0 aromatic rings. The first-order valence-electron chi connectivity index (χ1n) is 7.08. The molecular formula is C13H26N4O. The zero-order chi connectivity index (χ0) is 12.8. The third kappa shape index (κ3) is 3.59. The SMILES string of the molecule is COCCCN=C(NN)N1CC2CCCC(C2)C1. The van der Waals surface area contributed by atoms with Crippen LogP contribution < -0.4 is 11.3 Å². The van der Waals surface area contributed by atoms with Crippen molar-refractivity contribution in [2.75, 3.05) is 33.4 Å². The molecule has 1 saturated carbocycles. The van der Waals surface area contributed by atoms with Crippen molar-refractivity contribution in [3.63, 3.8) is 0 Å². The molecule has 2 atom stereocenters. The molecule has 3 N–H and O–H groups in total. The summed E-state index contributed by atoms with van der Waals surface area (Å²) in [5.74, 6) is 8.16. The number of fused-ring (bicyclic) bond motifs is 2. The summed E-state index contributed by atoms with van der Waals surface area (Å²) in [6.07, 6.45) is 6.49. The molecule has 2 fully saturated rings. The average molecular weight is 254 g/mol. The lowest BCUT2D eigenvalue weighted by Gasteiger charge is -2.42. The first kappa shape index (κ1) is 13.6. The van der Waals surface area contributed by atoms with Gasteiger partial charge in [0.15, 0.2) is 0 Å². The second-order valence-corrected chi connectivity index (χ2v) is 5.50. The van der Waals surface area contributed by atoms with Gasteiger partial charge in [-0.05, 0) is 37.5 Å². The number of piperidine rings is 1. The minimum Gasteiger partial charge on any atom is -0.385 e. The second-order valence-electron chi connectivity index (χ2n) is 5.50. The van der Waals surface area contributed by atoms with Crippen molar-refractivity contribution in [1.29, 1.82) is 0 Å². The van der Waals surface area contributed by atoms with Gasteiger partial charge in [-0.25, -0.2) is 5.84 Å². The summed E-state index contributed by atoms with van der Waals surface area (Å²) >= 11 is 0. The van der Waals surface area contributed by atoms with E-state index in [-0.39, 0.29) is 0 Å². The van der Waals surface area contributed by atoms with Gasteiger partial charge in [0, 0.05) is 33.4 Å². The second kappa shape index (κ2) is 6.95. The van der Waals surface area contributed by atoms with Gasteiger partial charge in [-0.2, -0.15) is 0 Å². The van der Waals surface area contributed by atoms with Crippen molar-refractivity contribution in [3.8, 4) is 0 Å². The highest BCUT2D eigenvalue weighted by atomic mass is 16.5. The van der Waals surface area contributed by atoms with E-state index in [1.165, 1.54) is 25.7 Å². The third-order valence-electron chi connectivity index (χ3n) is 4.05. The molecule has 1 heterocycles. The molecule has 104 valence electrons. The lowest BCUT2D eigenvalue weighted by molar-refractivity contribution is 0.133. The fourth-order valence-electron chi connectivity index (χ4n) is 3.24. The van der Waals surface area contributed by atoms with Gasteiger partial charge in [-0.1, -0.05) is 6.42 Å². The molecule has 5 nitrogen and oxygen atoms in total. The number of hydrazine groups is 1. The van der Waals surface area contributed by atoms with Crippen LogP contribution in [0.5, 0.6) is 0 Å². The molecule has 1 saturated heterocycles. The van der Waals surface area contributed by atoms with Crippen LogP contribution in [0.2, 0.25) is 0 Å². The molecule has 5 heteroatoms. The number of nitrogens with zero attached hydrogens (tertiary/aromatic N) is 2. The lowest BCUT2D eigenvalue weighted by Crippen LogP contribution is -2.52. The number of hydrogen-bond donors (Lipinski definition) is 2. The molecular weight excluding hydrogens is 228 g/mol. The number of methoxy groups -OCH3 is 1. The molecule has 1 aliphatic carbocycles. The molecule has 0 amide bonds. The smallest absolute Gasteiger partial charge is 0.208 e. The highest BCUT2D eigenvalue weighted by Crippen LogP contribution is 2.34. The van der Waals surface area contributed by atoms with E-state index < -0.39 is 0 Å². The molecule has 2 unspecified atom stereocenters. The maximum atomic E-state index is 5.61. The predicted molar refractivity (Wildman–Crippen MR) is 73.1 cm³/mol. The van der Waals surface area contributed by atoms with Crippen LogP contribution >= 0.6 is 0 Å². The Morgan fingerprint density at radius 2 is 2.11 bits per heavy atom. The quantitative estimate of drug-likeness (QED) is 0.258. The standard InChI is InChI=1S/C13H26N4O/c1-18-7-3-6-15-13(16-14)17-9-11-4-2-5-12(8-11)10-17/h11-12H,2-10,14H2,1H3,(H,15,16). The summed E-state index contributed by atoms with van der Waals surface area (Å²) in [6.45, 7) is 3.76. The molecule has 1 aliphatic heterocycles. The van der Waals surface area contributed by atoms with Gasteiger partial charge in [-0.3, -0.25) is 10.4 Å². The van der Waals surface area contributed by atoms with Gasteiger partial charge in [-0.15, -0.1) is 0 Å². The van der Waals surface area contributed by atoms with Gasteiger partial charge in [0.05, 0.1) is 0 Å². The number of ether oxygens (including phenoxy) is 1. The number of nitrogens with one attached hydrogen (secondary N) is 1.